The summed E-state index contributed by atoms with van der Waals surface area (Å²) in [6, 6.07) is 9.13. The van der Waals surface area contributed by atoms with Crippen LogP contribution in [-0.4, -0.2) is 70.0 Å². The first-order chi connectivity index (χ1) is 22.5. The van der Waals surface area contributed by atoms with Crippen molar-refractivity contribution in [2.45, 2.75) is 74.0 Å². The molecule has 2 aromatic carbocycles. The minimum absolute atomic E-state index is 0.00294. The number of sulfonamides is 2. The molecule has 0 spiro atoms. The Morgan fingerprint density at radius 1 is 0.857 bits per heavy atom. The maximum absolute atomic E-state index is 12.2. The van der Waals surface area contributed by atoms with Gasteiger partial charge in [0, 0.05) is 53.9 Å². The predicted molar refractivity (Wildman–Crippen MR) is 186 cm³/mol. The van der Waals surface area contributed by atoms with Crippen LogP contribution in [0.25, 0.3) is 0 Å². The Bertz CT molecular complexity index is 2110. The number of carbonyl (C=O) groups is 1. The molecule has 13 nitrogen and oxygen atoms in total. The van der Waals surface area contributed by atoms with Crippen LogP contribution in [-0.2, 0) is 45.8 Å². The summed E-state index contributed by atoms with van der Waals surface area (Å²) >= 11 is 0. The topological polar surface area (TPSA) is 221 Å². The molecule has 0 bridgehead atoms. The van der Waals surface area contributed by atoms with Crippen LogP contribution in [0.4, 0.5) is 11.4 Å². The summed E-state index contributed by atoms with van der Waals surface area (Å²) in [6.45, 7) is 8.10. The van der Waals surface area contributed by atoms with E-state index in [-0.39, 0.29) is 22.8 Å². The van der Waals surface area contributed by atoms with Crippen LogP contribution in [0.5, 0.6) is 0 Å². The molecule has 0 aliphatic carbocycles. The van der Waals surface area contributed by atoms with Gasteiger partial charge in [-0.3, -0.25) is 4.79 Å². The molecule has 16 heteroatoms. The van der Waals surface area contributed by atoms with E-state index in [1.165, 1.54) is 18.2 Å². The number of unbranched alkanes of at least 4 members (excludes halogenated alkanes) is 2. The molecule has 2 aliphatic rings. The van der Waals surface area contributed by atoms with Gasteiger partial charge in [0.1, 0.15) is 6.54 Å². The molecule has 0 fully saturated rings. The number of aliphatic carboxylic acids is 1. The van der Waals surface area contributed by atoms with Crippen molar-refractivity contribution in [3.8, 4) is 0 Å². The van der Waals surface area contributed by atoms with Gasteiger partial charge in [0.25, 0.3) is 0 Å². The summed E-state index contributed by atoms with van der Waals surface area (Å²) in [7, 11) is -12.5. The highest BCUT2D eigenvalue weighted by Crippen LogP contribution is 2.48. The number of hydrogen-bond acceptors (Lipinski definition) is 9. The summed E-state index contributed by atoms with van der Waals surface area (Å²) in [5.41, 5.74) is 2.92. The summed E-state index contributed by atoms with van der Waals surface area (Å²) in [5.74, 6) is -1.51. The van der Waals surface area contributed by atoms with Gasteiger partial charge in [0.2, 0.25) is 25.7 Å². The quantitative estimate of drug-likeness (QED) is 0.111. The highest BCUT2D eigenvalue weighted by molar-refractivity contribution is 7.89. The van der Waals surface area contributed by atoms with Gasteiger partial charge in [-0.2, -0.15) is 4.58 Å². The van der Waals surface area contributed by atoms with Gasteiger partial charge in [0.05, 0.1) is 31.1 Å². The zero-order valence-electron chi connectivity index (χ0n) is 27.8. The molecule has 2 heterocycles. The zero-order valence-corrected chi connectivity index (χ0v) is 30.2. The Morgan fingerprint density at radius 2 is 1.47 bits per heavy atom. The number of fused-ring (bicyclic) bond motifs is 2. The molecule has 2 aliphatic heterocycles. The molecule has 0 radical (unpaired) electrons. The van der Waals surface area contributed by atoms with Crippen LogP contribution >= 0.6 is 0 Å². The van der Waals surface area contributed by atoms with E-state index in [1.54, 1.807) is 41.3 Å². The third-order valence-electron chi connectivity index (χ3n) is 8.95. The maximum atomic E-state index is 12.2. The number of carboxylic acids is 1. The molecule has 266 valence electrons. The molecule has 49 heavy (non-hydrogen) atoms. The molecule has 4 rings (SSSR count). The number of hydrogen-bond donors (Lipinski definition) is 3. The Hall–Kier alpha value is -3.67. The lowest BCUT2D eigenvalue weighted by Gasteiger charge is -2.27. The number of anilines is 1. The molecule has 0 aromatic heterocycles. The Balaban J connectivity index is 1.69. The molecule has 2 aromatic rings. The highest BCUT2D eigenvalue weighted by Gasteiger charge is 2.45. The Labute approximate surface area is 288 Å². The number of primary sulfonamides is 2. The second-order valence-corrected chi connectivity index (χ2v) is 17.8. The number of carboxylic acid groups (broad SMARTS) is 1. The monoisotopic (exact) mass is 734 g/mol. The van der Waals surface area contributed by atoms with E-state index >= 15 is 0 Å². The summed E-state index contributed by atoms with van der Waals surface area (Å²) in [5, 5.41) is 19.8. The van der Waals surface area contributed by atoms with Crippen molar-refractivity contribution >= 4 is 53.2 Å². The van der Waals surface area contributed by atoms with E-state index in [0.29, 0.717) is 42.8 Å². The summed E-state index contributed by atoms with van der Waals surface area (Å²) in [4.78, 5) is 12.6. The standard InChI is InChI=1S/C33H42N4O9S3/c1-32(2)25-21-23(48(34,43)44)14-16-27(25)36(18-10-6-9-13-31(38)39)29(32)11-7-5-8-12-30-33(3,4)26-22-24(49(35,45)46)15-17-28(26)37(30)19-20-47(40,41)42/h5,7-8,11-12,14-17,21-22H,6,9-10,13,18-20H2,1-4H3,(H5-,34,35,38,39,40,41,42,43,44,45,46). The third kappa shape index (κ3) is 8.56. The van der Waals surface area contributed by atoms with Crippen molar-refractivity contribution in [2.24, 2.45) is 10.3 Å². The van der Waals surface area contributed by atoms with E-state index in [0.717, 1.165) is 17.0 Å². The molecule has 0 saturated carbocycles. The predicted octanol–water partition coefficient (Wildman–Crippen LogP) is 3.34. The van der Waals surface area contributed by atoms with Gasteiger partial charge in [-0.1, -0.05) is 32.1 Å². The van der Waals surface area contributed by atoms with Crippen molar-refractivity contribution in [2.75, 3.05) is 23.7 Å². The van der Waals surface area contributed by atoms with Gasteiger partial charge in [-0.15, -0.1) is 0 Å². The Morgan fingerprint density at radius 3 is 2.06 bits per heavy atom. The number of rotatable bonds is 14. The smallest absolute Gasteiger partial charge is 0.303 e. The minimum Gasteiger partial charge on any atom is -0.748 e. The van der Waals surface area contributed by atoms with Crippen molar-refractivity contribution in [3.63, 3.8) is 0 Å². The molecule has 0 atom stereocenters. The second-order valence-electron chi connectivity index (χ2n) is 13.1. The van der Waals surface area contributed by atoms with Crippen LogP contribution < -0.4 is 15.2 Å². The lowest BCUT2D eigenvalue weighted by molar-refractivity contribution is -0.438. The fourth-order valence-electron chi connectivity index (χ4n) is 6.43. The van der Waals surface area contributed by atoms with Crippen LogP contribution in [0.3, 0.4) is 0 Å². The van der Waals surface area contributed by atoms with Gasteiger partial charge in [0.15, 0.2) is 5.71 Å². The summed E-state index contributed by atoms with van der Waals surface area (Å²) < 4.78 is 85.2. The van der Waals surface area contributed by atoms with E-state index in [4.69, 9.17) is 15.4 Å². The normalized spacial score (nSPS) is 18.2. The lowest BCUT2D eigenvalue weighted by atomic mass is 9.81. The maximum Gasteiger partial charge on any atom is 0.303 e. The van der Waals surface area contributed by atoms with Gasteiger partial charge >= 0.3 is 5.97 Å². The van der Waals surface area contributed by atoms with Crippen molar-refractivity contribution in [3.05, 3.63) is 83.6 Å². The largest absolute Gasteiger partial charge is 0.748 e. The van der Waals surface area contributed by atoms with E-state index in [2.05, 4.69) is 4.58 Å². The van der Waals surface area contributed by atoms with Crippen molar-refractivity contribution in [1.82, 2.24) is 0 Å². The second kappa shape index (κ2) is 13.9. The number of nitrogens with zero attached hydrogens (tertiary/aromatic N) is 2. The Kier molecular flexibility index (Phi) is 10.8. The third-order valence-corrected chi connectivity index (χ3v) is 11.5. The van der Waals surface area contributed by atoms with Crippen molar-refractivity contribution in [1.29, 1.82) is 0 Å². The number of benzene rings is 2. The SMILES string of the molecule is CC1(C)C(/C=C/C=C/C=C2/N(CCS(=O)(=O)[O-])c3ccc(S(N)(=O)=O)cc3C2(C)C)=[N+](CCCCCC(=O)O)c2ccc(S(N)(=O)=O)cc21. The van der Waals surface area contributed by atoms with Crippen LogP contribution in [0.2, 0.25) is 0 Å². The lowest BCUT2D eigenvalue weighted by Crippen LogP contribution is -2.30. The van der Waals surface area contributed by atoms with Crippen LogP contribution in [0.15, 0.2) is 82.3 Å². The van der Waals surface area contributed by atoms with Crippen LogP contribution in [0.1, 0.15) is 64.5 Å². The van der Waals surface area contributed by atoms with E-state index in [1.807, 2.05) is 39.8 Å². The molecular formula is C33H42N4O9S3. The minimum atomic E-state index is -4.55. The number of allylic oxidation sites excluding steroid dienone is 6. The number of nitrogens with two attached hydrogens (primary N) is 2. The van der Waals surface area contributed by atoms with E-state index in [9.17, 15) is 34.6 Å². The first kappa shape index (κ1) is 38.1. The van der Waals surface area contributed by atoms with E-state index < -0.39 is 52.7 Å². The highest BCUT2D eigenvalue weighted by atomic mass is 32.2. The first-order valence-corrected chi connectivity index (χ1v) is 20.2. The van der Waals surface area contributed by atoms with Crippen molar-refractivity contribution < 1.29 is 44.3 Å². The van der Waals surface area contributed by atoms with Gasteiger partial charge in [-0.25, -0.2) is 35.5 Å². The molecule has 0 saturated heterocycles. The van der Waals surface area contributed by atoms with Crippen LogP contribution in [0, 0.1) is 0 Å². The average molecular weight is 735 g/mol. The fourth-order valence-corrected chi connectivity index (χ4v) is 7.91. The van der Waals surface area contributed by atoms with Gasteiger partial charge in [-0.05, 0) is 68.7 Å². The first-order valence-electron chi connectivity index (χ1n) is 15.5. The molecule has 0 unspecified atom stereocenters. The molecular weight excluding hydrogens is 693 g/mol. The molecule has 0 amide bonds. The fraction of sp³-hybridized carbons (Fsp3) is 0.394. The molecule has 5 N–H and O–H groups in total. The van der Waals surface area contributed by atoms with Gasteiger partial charge < -0.3 is 14.6 Å². The zero-order chi connectivity index (χ0) is 36.6. The average Bonchev–Trinajstić information content (AvgIpc) is 3.32. The summed E-state index contributed by atoms with van der Waals surface area (Å²) in [6.07, 6.45) is 11.0.